The molecule has 0 rings (SSSR count). The van der Waals surface area contributed by atoms with Gasteiger partial charge in [-0.3, -0.25) is 5.26 Å². The highest BCUT2D eigenvalue weighted by Gasteiger charge is 2.20. The van der Waals surface area contributed by atoms with Gasteiger partial charge in [0.15, 0.2) is 0 Å². The molecule has 0 saturated heterocycles. The van der Waals surface area contributed by atoms with Crippen molar-refractivity contribution in [3.63, 3.8) is 0 Å². The molecule has 17 heavy (non-hydrogen) atoms. The van der Waals surface area contributed by atoms with E-state index in [9.17, 15) is 0 Å². The lowest BCUT2D eigenvalue weighted by molar-refractivity contribution is -0.304. The van der Waals surface area contributed by atoms with E-state index in [1.54, 1.807) is 6.08 Å². The van der Waals surface area contributed by atoms with E-state index in [1.807, 2.05) is 39.0 Å². The molecule has 1 unspecified atom stereocenters. The predicted octanol–water partition coefficient (Wildman–Crippen LogP) is 4.67. The maximum atomic E-state index is 8.96. The third kappa shape index (κ3) is 7.72. The Morgan fingerprint density at radius 1 is 1.41 bits per heavy atom. The summed E-state index contributed by atoms with van der Waals surface area (Å²) in [5.74, 6) is 0. The number of hydrogen-bond donors (Lipinski definition) is 1. The van der Waals surface area contributed by atoms with Gasteiger partial charge in [-0.1, -0.05) is 36.0 Å². The van der Waals surface area contributed by atoms with E-state index in [1.165, 1.54) is 0 Å². The number of hydrogen-bond acceptors (Lipinski definition) is 2. The van der Waals surface area contributed by atoms with Gasteiger partial charge in [-0.25, -0.2) is 4.89 Å². The Morgan fingerprint density at radius 2 is 2.06 bits per heavy atom. The first-order valence-corrected chi connectivity index (χ1v) is 5.89. The van der Waals surface area contributed by atoms with Gasteiger partial charge in [0.2, 0.25) is 0 Å². The first-order valence-electron chi connectivity index (χ1n) is 5.89. The summed E-state index contributed by atoms with van der Waals surface area (Å²) in [4.78, 5) is 4.56. The molecule has 2 nitrogen and oxygen atoms in total. The average molecular weight is 236 g/mol. The Hall–Kier alpha value is -1.12. The molecule has 1 atom stereocenters. The van der Waals surface area contributed by atoms with Crippen molar-refractivity contribution in [1.29, 1.82) is 0 Å². The molecule has 2 heteroatoms. The standard InChI is InChI=1S/C15H24O2/c1-6-14(4)10-8-12-15(5,17-16)11-7-9-13(2)3/h6,8,10,12,16H,1-2,7,9,11H2,3-5H3. The minimum atomic E-state index is -0.632. The first-order chi connectivity index (χ1) is 7.93. The van der Waals surface area contributed by atoms with Gasteiger partial charge in [-0.05, 0) is 46.1 Å². The zero-order chi connectivity index (χ0) is 13.3. The summed E-state index contributed by atoms with van der Waals surface area (Å²) >= 11 is 0. The molecule has 0 bridgehead atoms. The molecule has 0 amide bonds. The van der Waals surface area contributed by atoms with Crippen LogP contribution < -0.4 is 0 Å². The predicted molar refractivity (Wildman–Crippen MR) is 73.9 cm³/mol. The minimum absolute atomic E-state index is 0.632. The van der Waals surface area contributed by atoms with Crippen LogP contribution in [0.5, 0.6) is 0 Å². The molecule has 0 aromatic heterocycles. The van der Waals surface area contributed by atoms with E-state index < -0.39 is 5.60 Å². The smallest absolute Gasteiger partial charge is 0.119 e. The lowest BCUT2D eigenvalue weighted by Crippen LogP contribution is -2.24. The maximum Gasteiger partial charge on any atom is 0.119 e. The second-order valence-corrected chi connectivity index (χ2v) is 4.69. The summed E-state index contributed by atoms with van der Waals surface area (Å²) < 4.78 is 0. The number of allylic oxidation sites excluding steroid dienone is 5. The minimum Gasteiger partial charge on any atom is -0.251 e. The van der Waals surface area contributed by atoms with Crippen LogP contribution >= 0.6 is 0 Å². The molecule has 0 aliphatic carbocycles. The van der Waals surface area contributed by atoms with E-state index in [0.29, 0.717) is 0 Å². The van der Waals surface area contributed by atoms with Gasteiger partial charge in [0.05, 0.1) is 0 Å². The Morgan fingerprint density at radius 3 is 2.53 bits per heavy atom. The zero-order valence-electron chi connectivity index (χ0n) is 11.2. The van der Waals surface area contributed by atoms with E-state index in [4.69, 9.17) is 5.26 Å². The highest BCUT2D eigenvalue weighted by atomic mass is 17.1. The van der Waals surface area contributed by atoms with Gasteiger partial charge in [-0.15, -0.1) is 6.58 Å². The van der Waals surface area contributed by atoms with Gasteiger partial charge < -0.3 is 0 Å². The average Bonchev–Trinajstić information content (AvgIpc) is 2.28. The van der Waals surface area contributed by atoms with Crippen LogP contribution in [0.25, 0.3) is 0 Å². The van der Waals surface area contributed by atoms with Crippen molar-refractivity contribution < 1.29 is 10.1 Å². The summed E-state index contributed by atoms with van der Waals surface area (Å²) in [5, 5.41) is 8.96. The van der Waals surface area contributed by atoms with Gasteiger partial charge >= 0.3 is 0 Å². The third-order valence-corrected chi connectivity index (χ3v) is 2.62. The summed E-state index contributed by atoms with van der Waals surface area (Å²) in [5.41, 5.74) is 1.59. The molecule has 0 spiro atoms. The topological polar surface area (TPSA) is 29.5 Å². The molecule has 0 fully saturated rings. The van der Waals surface area contributed by atoms with Crippen LogP contribution in [0.4, 0.5) is 0 Å². The van der Waals surface area contributed by atoms with Crippen LogP contribution in [0.2, 0.25) is 0 Å². The largest absolute Gasteiger partial charge is 0.251 e. The fourth-order valence-electron chi connectivity index (χ4n) is 1.37. The van der Waals surface area contributed by atoms with Crippen molar-refractivity contribution >= 4 is 0 Å². The molecule has 0 saturated carbocycles. The molecular formula is C15H24O2. The SMILES string of the molecule is C=CC(C)=CC=CC(C)(CCCC(=C)C)OO. The lowest BCUT2D eigenvalue weighted by atomic mass is 9.97. The molecule has 0 radical (unpaired) electrons. The van der Waals surface area contributed by atoms with Crippen molar-refractivity contribution in [1.82, 2.24) is 0 Å². The van der Waals surface area contributed by atoms with Crippen molar-refractivity contribution in [2.45, 2.75) is 45.6 Å². The van der Waals surface area contributed by atoms with Gasteiger partial charge in [0.25, 0.3) is 0 Å². The monoisotopic (exact) mass is 236 g/mol. The van der Waals surface area contributed by atoms with Crippen LogP contribution in [0.1, 0.15) is 40.0 Å². The Labute approximate surface area is 105 Å². The van der Waals surface area contributed by atoms with E-state index in [-0.39, 0.29) is 0 Å². The summed E-state index contributed by atoms with van der Waals surface area (Å²) in [6.07, 6.45) is 10.1. The van der Waals surface area contributed by atoms with Crippen molar-refractivity contribution in [3.8, 4) is 0 Å². The van der Waals surface area contributed by atoms with Gasteiger partial charge in [0.1, 0.15) is 5.60 Å². The van der Waals surface area contributed by atoms with Crippen LogP contribution in [-0.4, -0.2) is 10.9 Å². The highest BCUT2D eigenvalue weighted by molar-refractivity contribution is 5.21. The second-order valence-electron chi connectivity index (χ2n) is 4.69. The van der Waals surface area contributed by atoms with Gasteiger partial charge in [0, 0.05) is 0 Å². The molecule has 0 heterocycles. The highest BCUT2D eigenvalue weighted by Crippen LogP contribution is 2.21. The van der Waals surface area contributed by atoms with Crippen molar-refractivity contribution in [2.75, 3.05) is 0 Å². The summed E-state index contributed by atoms with van der Waals surface area (Å²) in [7, 11) is 0. The fourth-order valence-corrected chi connectivity index (χ4v) is 1.37. The Balaban J connectivity index is 4.36. The molecule has 0 aliphatic rings. The summed E-state index contributed by atoms with van der Waals surface area (Å²) in [6.45, 7) is 13.4. The van der Waals surface area contributed by atoms with Crippen molar-refractivity contribution in [2.24, 2.45) is 0 Å². The van der Waals surface area contributed by atoms with Crippen molar-refractivity contribution in [3.05, 3.63) is 48.6 Å². The Bertz CT molecular complexity index is 313. The maximum absolute atomic E-state index is 8.96. The molecule has 96 valence electrons. The lowest BCUT2D eigenvalue weighted by Gasteiger charge is -2.21. The molecule has 0 aliphatic heterocycles. The van der Waals surface area contributed by atoms with Crippen LogP contribution in [-0.2, 0) is 4.89 Å². The van der Waals surface area contributed by atoms with Crippen LogP contribution in [0.3, 0.4) is 0 Å². The van der Waals surface area contributed by atoms with E-state index in [0.717, 1.165) is 30.4 Å². The van der Waals surface area contributed by atoms with Crippen LogP contribution in [0.15, 0.2) is 48.6 Å². The molecule has 0 aromatic rings. The summed E-state index contributed by atoms with van der Waals surface area (Å²) in [6, 6.07) is 0. The molecule has 1 N–H and O–H groups in total. The van der Waals surface area contributed by atoms with E-state index >= 15 is 0 Å². The molecule has 0 aromatic carbocycles. The number of rotatable bonds is 8. The zero-order valence-corrected chi connectivity index (χ0v) is 11.2. The third-order valence-electron chi connectivity index (χ3n) is 2.62. The van der Waals surface area contributed by atoms with Crippen LogP contribution in [0, 0.1) is 0 Å². The second kappa shape index (κ2) is 8.04. The molecular weight excluding hydrogens is 212 g/mol. The Kier molecular flexibility index (Phi) is 7.51. The fraction of sp³-hybridized carbons (Fsp3) is 0.467. The first kappa shape index (κ1) is 15.9. The van der Waals surface area contributed by atoms with E-state index in [2.05, 4.69) is 18.0 Å². The normalized spacial score (nSPS) is 15.9. The quantitative estimate of drug-likeness (QED) is 0.287. The van der Waals surface area contributed by atoms with Gasteiger partial charge in [-0.2, -0.15) is 0 Å².